The summed E-state index contributed by atoms with van der Waals surface area (Å²) in [6, 6.07) is 5.72. The van der Waals surface area contributed by atoms with E-state index in [1.807, 2.05) is 35.0 Å². The minimum Gasteiger partial charge on any atom is -0.391 e. The van der Waals surface area contributed by atoms with Crippen LogP contribution in [0.15, 0.2) is 30.6 Å². The Morgan fingerprint density at radius 3 is 3.09 bits per heavy atom. The number of aromatic nitrogens is 2. The Morgan fingerprint density at radius 2 is 2.36 bits per heavy atom. The summed E-state index contributed by atoms with van der Waals surface area (Å²) in [5.74, 6) is 0.383. The van der Waals surface area contributed by atoms with Crippen molar-refractivity contribution in [3.8, 4) is 0 Å². The predicted molar refractivity (Wildman–Crippen MR) is 83.7 cm³/mol. The fraction of sp³-hybridized carbons (Fsp3) is 0.500. The molecule has 1 atom stereocenters. The van der Waals surface area contributed by atoms with Gasteiger partial charge in [0, 0.05) is 39.0 Å². The van der Waals surface area contributed by atoms with Gasteiger partial charge in [0.15, 0.2) is 0 Å². The van der Waals surface area contributed by atoms with Crippen LogP contribution < -0.4 is 5.32 Å². The highest BCUT2D eigenvalue weighted by Crippen LogP contribution is 2.32. The number of hydrogen-bond donors (Lipinski definition) is 2. The van der Waals surface area contributed by atoms with Gasteiger partial charge in [0.25, 0.3) is 0 Å². The molecular formula is C16H22N4O2. The topological polar surface area (TPSA) is 69.9 Å². The molecule has 1 aliphatic rings. The molecule has 2 amide bonds. The Labute approximate surface area is 129 Å². The van der Waals surface area contributed by atoms with Gasteiger partial charge in [0.05, 0.1) is 11.8 Å². The first-order chi connectivity index (χ1) is 10.6. The maximum absolute atomic E-state index is 12.0. The molecule has 0 bridgehead atoms. The summed E-state index contributed by atoms with van der Waals surface area (Å²) >= 11 is 0. The lowest BCUT2D eigenvalue weighted by molar-refractivity contribution is 0.113. The van der Waals surface area contributed by atoms with E-state index < -0.39 is 6.10 Å². The molecule has 0 saturated heterocycles. The fourth-order valence-corrected chi connectivity index (χ4v) is 2.53. The van der Waals surface area contributed by atoms with E-state index in [1.54, 1.807) is 11.9 Å². The quantitative estimate of drug-likeness (QED) is 0.845. The Bertz CT molecular complexity index is 617. The van der Waals surface area contributed by atoms with E-state index >= 15 is 0 Å². The Balaban J connectivity index is 1.44. The van der Waals surface area contributed by atoms with Crippen LogP contribution in [0.25, 0.3) is 5.65 Å². The van der Waals surface area contributed by atoms with Gasteiger partial charge in [-0.15, -0.1) is 0 Å². The van der Waals surface area contributed by atoms with Crippen LogP contribution >= 0.6 is 0 Å². The van der Waals surface area contributed by atoms with Crippen molar-refractivity contribution in [1.82, 2.24) is 19.6 Å². The monoisotopic (exact) mass is 302 g/mol. The molecule has 2 heterocycles. The summed E-state index contributed by atoms with van der Waals surface area (Å²) in [6.07, 6.45) is 6.37. The second-order valence-electron chi connectivity index (χ2n) is 5.97. The lowest BCUT2D eigenvalue weighted by Gasteiger charge is -2.21. The molecule has 2 N–H and O–H groups in total. The molecule has 1 saturated carbocycles. The van der Waals surface area contributed by atoms with E-state index in [-0.39, 0.29) is 6.03 Å². The number of fused-ring (bicyclic) bond motifs is 1. The largest absolute Gasteiger partial charge is 0.391 e. The summed E-state index contributed by atoms with van der Waals surface area (Å²) in [4.78, 5) is 18.0. The number of carbonyl (C=O) groups is 1. The predicted octanol–water partition coefficient (Wildman–Crippen LogP) is 1.29. The number of likely N-dealkylation sites (N-methyl/N-ethyl adjacent to an activating group) is 1. The third-order valence-corrected chi connectivity index (χ3v) is 4.05. The number of urea groups is 1. The summed E-state index contributed by atoms with van der Waals surface area (Å²) in [5.41, 5.74) is 1.86. The molecule has 1 aliphatic carbocycles. The molecule has 2 aromatic heterocycles. The lowest BCUT2D eigenvalue weighted by atomic mass is 10.2. The lowest BCUT2D eigenvalue weighted by Crippen LogP contribution is -2.42. The number of pyridine rings is 1. The zero-order valence-electron chi connectivity index (χ0n) is 12.8. The molecule has 118 valence electrons. The first-order valence-electron chi connectivity index (χ1n) is 7.73. The highest BCUT2D eigenvalue weighted by atomic mass is 16.3. The van der Waals surface area contributed by atoms with Crippen LogP contribution in [0.4, 0.5) is 4.79 Å². The molecule has 3 rings (SSSR count). The standard InChI is InChI=1S/C16H22N4O2/c1-19(11-14(21)12-5-6-12)16(22)17-8-7-13-10-20-9-3-2-4-15(20)18-13/h2-4,9-10,12,14,21H,5-8,11H2,1H3,(H,17,22). The van der Waals surface area contributed by atoms with Gasteiger partial charge in [-0.25, -0.2) is 9.78 Å². The van der Waals surface area contributed by atoms with Crippen molar-refractivity contribution in [3.05, 3.63) is 36.3 Å². The normalized spacial score (nSPS) is 15.7. The number of amides is 2. The van der Waals surface area contributed by atoms with Crippen LogP contribution in [0.2, 0.25) is 0 Å². The van der Waals surface area contributed by atoms with Crippen LogP contribution in [0.3, 0.4) is 0 Å². The first kappa shape index (κ1) is 14.8. The van der Waals surface area contributed by atoms with Crippen molar-refractivity contribution in [3.63, 3.8) is 0 Å². The fourth-order valence-electron chi connectivity index (χ4n) is 2.53. The van der Waals surface area contributed by atoms with Crippen molar-refractivity contribution in [1.29, 1.82) is 0 Å². The number of nitrogens with zero attached hydrogens (tertiary/aromatic N) is 3. The molecule has 1 fully saturated rings. The number of nitrogens with one attached hydrogen (secondary N) is 1. The van der Waals surface area contributed by atoms with Gasteiger partial charge in [0.1, 0.15) is 5.65 Å². The molecule has 0 aliphatic heterocycles. The third kappa shape index (κ3) is 3.57. The van der Waals surface area contributed by atoms with Crippen LogP contribution in [-0.2, 0) is 6.42 Å². The molecule has 1 unspecified atom stereocenters. The number of hydrogen-bond acceptors (Lipinski definition) is 3. The van der Waals surface area contributed by atoms with Gasteiger partial charge in [-0.2, -0.15) is 0 Å². The maximum Gasteiger partial charge on any atom is 0.317 e. The Kier molecular flexibility index (Phi) is 4.29. The molecule has 0 radical (unpaired) electrons. The van der Waals surface area contributed by atoms with Crippen molar-refractivity contribution < 1.29 is 9.90 Å². The molecule has 2 aromatic rings. The van der Waals surface area contributed by atoms with Crippen LogP contribution in [0, 0.1) is 5.92 Å². The Morgan fingerprint density at radius 1 is 1.55 bits per heavy atom. The van der Waals surface area contributed by atoms with E-state index in [0.29, 0.717) is 25.4 Å². The summed E-state index contributed by atoms with van der Waals surface area (Å²) in [6.45, 7) is 0.928. The molecular weight excluding hydrogens is 280 g/mol. The highest BCUT2D eigenvalue weighted by Gasteiger charge is 2.31. The minimum absolute atomic E-state index is 0.150. The SMILES string of the molecule is CN(CC(O)C1CC1)C(=O)NCCc1cn2ccccc2n1. The van der Waals surface area contributed by atoms with E-state index in [4.69, 9.17) is 0 Å². The number of aliphatic hydroxyl groups is 1. The van der Waals surface area contributed by atoms with Crippen molar-refractivity contribution in [2.45, 2.75) is 25.4 Å². The molecule has 0 spiro atoms. The summed E-state index contributed by atoms with van der Waals surface area (Å²) in [7, 11) is 1.71. The van der Waals surface area contributed by atoms with E-state index in [0.717, 1.165) is 24.2 Å². The summed E-state index contributed by atoms with van der Waals surface area (Å²) in [5, 5.41) is 12.7. The van der Waals surface area contributed by atoms with E-state index in [9.17, 15) is 9.90 Å². The average molecular weight is 302 g/mol. The van der Waals surface area contributed by atoms with Crippen molar-refractivity contribution >= 4 is 11.7 Å². The minimum atomic E-state index is -0.394. The second-order valence-corrected chi connectivity index (χ2v) is 5.97. The summed E-state index contributed by atoms with van der Waals surface area (Å²) < 4.78 is 1.97. The number of imidazole rings is 1. The maximum atomic E-state index is 12.0. The van der Waals surface area contributed by atoms with Gasteiger partial charge in [-0.05, 0) is 30.9 Å². The zero-order valence-corrected chi connectivity index (χ0v) is 12.8. The number of carbonyl (C=O) groups excluding carboxylic acids is 1. The van der Waals surface area contributed by atoms with Gasteiger partial charge < -0.3 is 19.7 Å². The van der Waals surface area contributed by atoms with Crippen LogP contribution in [0.5, 0.6) is 0 Å². The van der Waals surface area contributed by atoms with Gasteiger partial charge in [-0.3, -0.25) is 0 Å². The zero-order chi connectivity index (χ0) is 15.5. The molecule has 6 heteroatoms. The molecule has 0 aromatic carbocycles. The van der Waals surface area contributed by atoms with Crippen LogP contribution in [-0.4, -0.2) is 51.7 Å². The first-order valence-corrected chi connectivity index (χ1v) is 7.73. The number of aliphatic hydroxyl groups excluding tert-OH is 1. The van der Waals surface area contributed by atoms with Gasteiger partial charge >= 0.3 is 6.03 Å². The smallest absolute Gasteiger partial charge is 0.317 e. The van der Waals surface area contributed by atoms with E-state index in [2.05, 4.69) is 10.3 Å². The molecule has 22 heavy (non-hydrogen) atoms. The van der Waals surface area contributed by atoms with Crippen molar-refractivity contribution in [2.24, 2.45) is 5.92 Å². The second kappa shape index (κ2) is 6.36. The van der Waals surface area contributed by atoms with Crippen molar-refractivity contribution in [2.75, 3.05) is 20.1 Å². The highest BCUT2D eigenvalue weighted by molar-refractivity contribution is 5.73. The number of rotatable bonds is 6. The average Bonchev–Trinajstić information content (AvgIpc) is 3.27. The van der Waals surface area contributed by atoms with Crippen LogP contribution in [0.1, 0.15) is 18.5 Å². The molecule has 6 nitrogen and oxygen atoms in total. The van der Waals surface area contributed by atoms with Gasteiger partial charge in [0.2, 0.25) is 0 Å². The van der Waals surface area contributed by atoms with Gasteiger partial charge in [-0.1, -0.05) is 6.07 Å². The Hall–Kier alpha value is -2.08. The van der Waals surface area contributed by atoms with E-state index in [1.165, 1.54) is 0 Å². The third-order valence-electron chi connectivity index (χ3n) is 4.05.